The third-order valence-corrected chi connectivity index (χ3v) is 3.59. The number of halogens is 2. The summed E-state index contributed by atoms with van der Waals surface area (Å²) in [6.07, 6.45) is 1.70. The number of pyridine rings is 1. The molecule has 1 unspecified atom stereocenters. The largest absolute Gasteiger partial charge is 0.384 e. The molecule has 1 heterocycles. The Bertz CT molecular complexity index is 558. The van der Waals surface area contributed by atoms with E-state index in [9.17, 15) is 5.11 Å². The van der Waals surface area contributed by atoms with Gasteiger partial charge in [-0.25, -0.2) is 4.98 Å². The Morgan fingerprint density at radius 1 is 1.32 bits per heavy atom. The van der Waals surface area contributed by atoms with E-state index in [0.717, 1.165) is 4.47 Å². The van der Waals surface area contributed by atoms with E-state index in [0.29, 0.717) is 22.9 Å². The van der Waals surface area contributed by atoms with Gasteiger partial charge in [-0.15, -0.1) is 0 Å². The first-order valence-corrected chi connectivity index (χ1v) is 6.99. The zero-order valence-electron chi connectivity index (χ0n) is 10.4. The second-order valence-corrected chi connectivity index (χ2v) is 5.79. The highest BCUT2D eigenvalue weighted by atomic mass is 79.9. The van der Waals surface area contributed by atoms with Crippen LogP contribution in [0.4, 0.5) is 5.82 Å². The summed E-state index contributed by atoms with van der Waals surface area (Å²) in [5.41, 5.74) is -0.367. The monoisotopic (exact) mass is 340 g/mol. The van der Waals surface area contributed by atoms with Gasteiger partial charge in [-0.3, -0.25) is 0 Å². The lowest BCUT2D eigenvalue weighted by atomic mass is 9.96. The van der Waals surface area contributed by atoms with Crippen molar-refractivity contribution in [2.45, 2.75) is 12.5 Å². The molecule has 1 aromatic heterocycles. The lowest BCUT2D eigenvalue weighted by Gasteiger charge is -2.25. The fraction of sp³-hybridized carbons (Fsp3) is 0.214. The van der Waals surface area contributed by atoms with E-state index in [4.69, 9.17) is 11.6 Å². The highest BCUT2D eigenvalue weighted by molar-refractivity contribution is 9.10. The van der Waals surface area contributed by atoms with E-state index in [-0.39, 0.29) is 0 Å². The molecule has 0 bridgehead atoms. The zero-order valence-corrected chi connectivity index (χ0v) is 12.7. The minimum atomic E-state index is -1.06. The minimum Gasteiger partial charge on any atom is -0.384 e. The van der Waals surface area contributed by atoms with Gasteiger partial charge in [-0.1, -0.05) is 29.8 Å². The van der Waals surface area contributed by atoms with Crippen molar-refractivity contribution >= 4 is 33.3 Å². The first kappa shape index (κ1) is 14.3. The van der Waals surface area contributed by atoms with E-state index in [1.54, 1.807) is 19.2 Å². The number of aliphatic hydroxyl groups is 1. The van der Waals surface area contributed by atoms with Gasteiger partial charge in [0, 0.05) is 27.8 Å². The fourth-order valence-corrected chi connectivity index (χ4v) is 2.31. The molecule has 3 nitrogen and oxygen atoms in total. The van der Waals surface area contributed by atoms with Crippen molar-refractivity contribution in [3.05, 3.63) is 57.7 Å². The number of anilines is 1. The highest BCUT2D eigenvalue weighted by Crippen LogP contribution is 2.28. The van der Waals surface area contributed by atoms with E-state index in [1.165, 1.54) is 0 Å². The summed E-state index contributed by atoms with van der Waals surface area (Å²) in [5.74, 6) is 0.704. The van der Waals surface area contributed by atoms with Gasteiger partial charge in [-0.05, 0) is 41.1 Å². The first-order chi connectivity index (χ1) is 8.99. The van der Waals surface area contributed by atoms with E-state index < -0.39 is 5.60 Å². The highest BCUT2D eigenvalue weighted by Gasteiger charge is 2.25. The molecule has 0 radical (unpaired) electrons. The molecule has 0 aliphatic rings. The van der Waals surface area contributed by atoms with Crippen molar-refractivity contribution in [3.63, 3.8) is 0 Å². The van der Waals surface area contributed by atoms with Gasteiger partial charge in [0.25, 0.3) is 0 Å². The Labute approximate surface area is 125 Å². The Kier molecular flexibility index (Phi) is 4.45. The Hall–Kier alpha value is -1.10. The van der Waals surface area contributed by atoms with E-state index >= 15 is 0 Å². The number of nitrogens with one attached hydrogen (secondary N) is 1. The average Bonchev–Trinajstić information content (AvgIpc) is 2.38. The molecule has 0 saturated heterocycles. The van der Waals surface area contributed by atoms with Gasteiger partial charge in [0.15, 0.2) is 0 Å². The number of nitrogens with zero attached hydrogens (tertiary/aromatic N) is 1. The second-order valence-electron chi connectivity index (χ2n) is 4.47. The molecule has 100 valence electrons. The second kappa shape index (κ2) is 5.90. The van der Waals surface area contributed by atoms with Gasteiger partial charge < -0.3 is 10.4 Å². The third-order valence-electron chi connectivity index (χ3n) is 2.80. The van der Waals surface area contributed by atoms with Gasteiger partial charge in [0.2, 0.25) is 0 Å². The summed E-state index contributed by atoms with van der Waals surface area (Å²) in [6.45, 7) is 2.05. The predicted octanol–water partition coefficient (Wildman–Crippen LogP) is 3.82. The quantitative estimate of drug-likeness (QED) is 0.888. The topological polar surface area (TPSA) is 45.1 Å². The molecule has 0 aliphatic heterocycles. The Morgan fingerprint density at radius 2 is 2.05 bits per heavy atom. The molecule has 19 heavy (non-hydrogen) atoms. The molecule has 0 spiro atoms. The van der Waals surface area contributed by atoms with Crippen LogP contribution in [0.2, 0.25) is 5.02 Å². The number of aromatic nitrogens is 1. The summed E-state index contributed by atoms with van der Waals surface area (Å²) in [4.78, 5) is 4.20. The van der Waals surface area contributed by atoms with Gasteiger partial charge in [0.05, 0.1) is 0 Å². The molecule has 1 atom stereocenters. The number of benzene rings is 1. The van der Waals surface area contributed by atoms with Crippen molar-refractivity contribution in [2.75, 3.05) is 11.9 Å². The molecule has 2 rings (SSSR count). The van der Waals surface area contributed by atoms with Crippen molar-refractivity contribution in [3.8, 4) is 0 Å². The van der Waals surface area contributed by atoms with Crippen LogP contribution in [0.15, 0.2) is 47.1 Å². The minimum absolute atomic E-state index is 0.325. The maximum Gasteiger partial charge on any atom is 0.126 e. The molecule has 0 saturated carbocycles. The van der Waals surface area contributed by atoms with Gasteiger partial charge in [-0.2, -0.15) is 0 Å². The van der Waals surface area contributed by atoms with Crippen LogP contribution in [0, 0.1) is 0 Å². The van der Waals surface area contributed by atoms with Crippen LogP contribution >= 0.6 is 27.5 Å². The molecule has 2 N–H and O–H groups in total. The van der Waals surface area contributed by atoms with Crippen molar-refractivity contribution in [1.82, 2.24) is 4.98 Å². The standard InChI is InChI=1S/C14H14BrClN2O/c1-14(19,11-4-2-3-5-12(11)16)9-18-13-7-6-10(15)8-17-13/h2-8,19H,9H2,1H3,(H,17,18). The lowest BCUT2D eigenvalue weighted by Crippen LogP contribution is -2.31. The maximum absolute atomic E-state index is 10.5. The molecule has 0 fully saturated rings. The van der Waals surface area contributed by atoms with Crippen LogP contribution < -0.4 is 5.32 Å². The van der Waals surface area contributed by atoms with Crippen molar-refractivity contribution < 1.29 is 5.11 Å². The molecule has 0 aliphatic carbocycles. The van der Waals surface area contributed by atoms with Crippen LogP contribution in [-0.4, -0.2) is 16.6 Å². The smallest absolute Gasteiger partial charge is 0.126 e. The molecule has 5 heteroatoms. The average molecular weight is 342 g/mol. The summed E-state index contributed by atoms with van der Waals surface area (Å²) in [6, 6.07) is 11.0. The van der Waals surface area contributed by atoms with Crippen LogP contribution in [0.25, 0.3) is 0 Å². The lowest BCUT2D eigenvalue weighted by molar-refractivity contribution is 0.0715. The van der Waals surface area contributed by atoms with Gasteiger partial charge in [0.1, 0.15) is 11.4 Å². The number of rotatable bonds is 4. The summed E-state index contributed by atoms with van der Waals surface area (Å²) >= 11 is 9.43. The molecular weight excluding hydrogens is 328 g/mol. The predicted molar refractivity (Wildman–Crippen MR) is 81.4 cm³/mol. The molecule has 1 aromatic carbocycles. The Balaban J connectivity index is 2.09. The SMILES string of the molecule is CC(O)(CNc1ccc(Br)cn1)c1ccccc1Cl. The molecule has 0 amide bonds. The van der Waals surface area contributed by atoms with Gasteiger partial charge >= 0.3 is 0 Å². The first-order valence-electron chi connectivity index (χ1n) is 5.82. The molecule has 2 aromatic rings. The summed E-state index contributed by atoms with van der Waals surface area (Å²) in [5, 5.41) is 14.1. The fourth-order valence-electron chi connectivity index (χ4n) is 1.74. The van der Waals surface area contributed by atoms with E-state index in [1.807, 2.05) is 30.3 Å². The van der Waals surface area contributed by atoms with Crippen LogP contribution in [0.5, 0.6) is 0 Å². The number of hydrogen-bond donors (Lipinski definition) is 2. The summed E-state index contributed by atoms with van der Waals surface area (Å²) in [7, 11) is 0. The normalized spacial score (nSPS) is 13.9. The third kappa shape index (κ3) is 3.69. The maximum atomic E-state index is 10.5. The van der Waals surface area contributed by atoms with Crippen LogP contribution in [-0.2, 0) is 5.60 Å². The molecular formula is C14H14BrClN2O. The van der Waals surface area contributed by atoms with Crippen LogP contribution in [0.1, 0.15) is 12.5 Å². The van der Waals surface area contributed by atoms with Crippen molar-refractivity contribution in [2.24, 2.45) is 0 Å². The Morgan fingerprint density at radius 3 is 2.68 bits per heavy atom. The van der Waals surface area contributed by atoms with E-state index in [2.05, 4.69) is 26.2 Å². The van der Waals surface area contributed by atoms with Crippen LogP contribution in [0.3, 0.4) is 0 Å². The summed E-state index contributed by atoms with van der Waals surface area (Å²) < 4.78 is 0.913. The number of hydrogen-bond acceptors (Lipinski definition) is 3. The van der Waals surface area contributed by atoms with Crippen molar-refractivity contribution in [1.29, 1.82) is 0 Å². The zero-order chi connectivity index (χ0) is 13.9.